The van der Waals surface area contributed by atoms with E-state index in [0.717, 1.165) is 18.2 Å². The van der Waals surface area contributed by atoms with Crippen LogP contribution in [0.3, 0.4) is 0 Å². The summed E-state index contributed by atoms with van der Waals surface area (Å²) in [4.78, 5) is 2.35. The van der Waals surface area contributed by atoms with Crippen molar-refractivity contribution in [3.8, 4) is 5.75 Å². The number of rotatable bonds is 8. The lowest BCUT2D eigenvalue weighted by atomic mass is 10.0. The quantitative estimate of drug-likeness (QED) is 0.791. The van der Waals surface area contributed by atoms with E-state index < -0.39 is 0 Å². The van der Waals surface area contributed by atoms with Gasteiger partial charge in [-0.05, 0) is 57.5 Å². The van der Waals surface area contributed by atoms with Crippen LogP contribution in [0.4, 0.5) is 0 Å². The Hall–Kier alpha value is -1.06. The van der Waals surface area contributed by atoms with Crippen molar-refractivity contribution in [2.75, 3.05) is 20.1 Å². The van der Waals surface area contributed by atoms with Gasteiger partial charge in [0.05, 0.1) is 6.10 Å². The summed E-state index contributed by atoms with van der Waals surface area (Å²) in [5.41, 5.74) is 7.22. The maximum absolute atomic E-state index is 5.96. The maximum atomic E-state index is 5.96. The van der Waals surface area contributed by atoms with E-state index in [1.165, 1.54) is 12.0 Å². The van der Waals surface area contributed by atoms with Crippen LogP contribution in [0.5, 0.6) is 5.75 Å². The SMILES string of the molecule is CC(C)CCN(C)C(CN)c1ccc(OC(C)C)cc1. The Kier molecular flexibility index (Phi) is 7.03. The standard InChI is InChI=1S/C17H30N2O/c1-13(2)10-11-19(5)17(12-18)15-6-8-16(9-7-15)20-14(3)4/h6-9,13-14,17H,10-12,18H2,1-5H3. The van der Waals surface area contributed by atoms with Crippen LogP contribution in [-0.4, -0.2) is 31.1 Å². The van der Waals surface area contributed by atoms with Gasteiger partial charge in [0.15, 0.2) is 0 Å². The van der Waals surface area contributed by atoms with Gasteiger partial charge in [-0.3, -0.25) is 4.90 Å². The van der Waals surface area contributed by atoms with Crippen molar-refractivity contribution in [1.82, 2.24) is 4.90 Å². The van der Waals surface area contributed by atoms with Gasteiger partial charge in [-0.15, -0.1) is 0 Å². The number of nitrogens with two attached hydrogens (primary N) is 1. The average molecular weight is 278 g/mol. The van der Waals surface area contributed by atoms with E-state index in [2.05, 4.69) is 37.9 Å². The number of nitrogens with zero attached hydrogens (tertiary/aromatic N) is 1. The number of hydrogen-bond donors (Lipinski definition) is 1. The van der Waals surface area contributed by atoms with E-state index >= 15 is 0 Å². The van der Waals surface area contributed by atoms with Crippen LogP contribution < -0.4 is 10.5 Å². The summed E-state index contributed by atoms with van der Waals surface area (Å²) in [7, 11) is 2.15. The summed E-state index contributed by atoms with van der Waals surface area (Å²) in [5.74, 6) is 1.64. The molecule has 3 heteroatoms. The molecule has 1 aromatic carbocycles. The monoisotopic (exact) mass is 278 g/mol. The molecule has 0 aliphatic carbocycles. The van der Waals surface area contributed by atoms with Crippen LogP contribution in [0.25, 0.3) is 0 Å². The third-order valence-electron chi connectivity index (χ3n) is 3.45. The van der Waals surface area contributed by atoms with Gasteiger partial charge >= 0.3 is 0 Å². The highest BCUT2D eigenvalue weighted by Gasteiger charge is 2.15. The molecule has 0 bridgehead atoms. The minimum atomic E-state index is 0.208. The Morgan fingerprint density at radius 3 is 2.15 bits per heavy atom. The van der Waals surface area contributed by atoms with Crippen molar-refractivity contribution in [3.63, 3.8) is 0 Å². The number of ether oxygens (including phenoxy) is 1. The summed E-state index contributed by atoms with van der Waals surface area (Å²) >= 11 is 0. The molecular weight excluding hydrogens is 248 g/mol. The van der Waals surface area contributed by atoms with Crippen LogP contribution in [0.2, 0.25) is 0 Å². The largest absolute Gasteiger partial charge is 0.491 e. The fourth-order valence-corrected chi connectivity index (χ4v) is 2.23. The molecular formula is C17H30N2O. The number of hydrogen-bond acceptors (Lipinski definition) is 3. The molecule has 0 aliphatic rings. The summed E-state index contributed by atoms with van der Waals surface area (Å²) in [6, 6.07) is 8.60. The Morgan fingerprint density at radius 2 is 1.70 bits per heavy atom. The molecule has 0 fully saturated rings. The van der Waals surface area contributed by atoms with Crippen molar-refractivity contribution in [2.45, 2.75) is 46.3 Å². The van der Waals surface area contributed by atoms with Crippen LogP contribution in [-0.2, 0) is 0 Å². The molecule has 2 N–H and O–H groups in total. The van der Waals surface area contributed by atoms with Crippen LogP contribution in [0.1, 0.15) is 45.7 Å². The van der Waals surface area contributed by atoms with Gasteiger partial charge in [0.25, 0.3) is 0 Å². The highest BCUT2D eigenvalue weighted by atomic mass is 16.5. The minimum Gasteiger partial charge on any atom is -0.491 e. The van der Waals surface area contributed by atoms with Gasteiger partial charge in [-0.2, -0.15) is 0 Å². The molecule has 0 aliphatic heterocycles. The van der Waals surface area contributed by atoms with E-state index in [1.54, 1.807) is 0 Å². The molecule has 0 spiro atoms. The van der Waals surface area contributed by atoms with E-state index in [1.807, 2.05) is 26.0 Å². The highest BCUT2D eigenvalue weighted by Crippen LogP contribution is 2.22. The fraction of sp³-hybridized carbons (Fsp3) is 0.647. The van der Waals surface area contributed by atoms with Crippen LogP contribution in [0.15, 0.2) is 24.3 Å². The van der Waals surface area contributed by atoms with Crippen molar-refractivity contribution < 1.29 is 4.74 Å². The predicted octanol–water partition coefficient (Wildman–Crippen LogP) is 3.45. The topological polar surface area (TPSA) is 38.5 Å². The molecule has 1 unspecified atom stereocenters. The smallest absolute Gasteiger partial charge is 0.119 e. The molecule has 0 radical (unpaired) electrons. The third-order valence-corrected chi connectivity index (χ3v) is 3.45. The van der Waals surface area contributed by atoms with Crippen molar-refractivity contribution in [2.24, 2.45) is 11.7 Å². The molecule has 114 valence electrons. The second-order valence-electron chi connectivity index (χ2n) is 6.15. The van der Waals surface area contributed by atoms with Crippen molar-refractivity contribution in [1.29, 1.82) is 0 Å². The highest BCUT2D eigenvalue weighted by molar-refractivity contribution is 5.29. The van der Waals surface area contributed by atoms with Gasteiger partial charge < -0.3 is 10.5 Å². The lowest BCUT2D eigenvalue weighted by Crippen LogP contribution is -2.31. The first-order chi connectivity index (χ1) is 9.43. The van der Waals surface area contributed by atoms with E-state index in [-0.39, 0.29) is 12.1 Å². The third kappa shape index (κ3) is 5.51. The molecule has 1 atom stereocenters. The van der Waals surface area contributed by atoms with Gasteiger partial charge in [0, 0.05) is 12.6 Å². The first kappa shape index (κ1) is 17.0. The van der Waals surface area contributed by atoms with Crippen LogP contribution in [0, 0.1) is 5.92 Å². The Bertz CT molecular complexity index is 373. The predicted molar refractivity (Wildman–Crippen MR) is 86.1 cm³/mol. The molecule has 1 rings (SSSR count). The molecule has 1 aromatic rings. The zero-order valence-corrected chi connectivity index (χ0v) is 13.6. The zero-order valence-electron chi connectivity index (χ0n) is 13.6. The Morgan fingerprint density at radius 1 is 1.10 bits per heavy atom. The minimum absolute atomic E-state index is 0.208. The number of benzene rings is 1. The molecule has 0 aromatic heterocycles. The first-order valence-electron chi connectivity index (χ1n) is 7.61. The summed E-state index contributed by atoms with van der Waals surface area (Å²) in [6.45, 7) is 10.3. The molecule has 0 amide bonds. The first-order valence-corrected chi connectivity index (χ1v) is 7.61. The normalized spacial score (nSPS) is 13.2. The van der Waals surface area contributed by atoms with Gasteiger partial charge in [-0.1, -0.05) is 26.0 Å². The summed E-state index contributed by atoms with van der Waals surface area (Å²) in [5, 5.41) is 0. The Balaban J connectivity index is 2.69. The van der Waals surface area contributed by atoms with Gasteiger partial charge in [0.2, 0.25) is 0 Å². The zero-order chi connectivity index (χ0) is 15.1. The summed E-state index contributed by atoms with van der Waals surface area (Å²) < 4.78 is 5.68. The van der Waals surface area contributed by atoms with E-state index in [0.29, 0.717) is 6.54 Å². The molecule has 0 saturated heterocycles. The lowest BCUT2D eigenvalue weighted by molar-refractivity contribution is 0.234. The van der Waals surface area contributed by atoms with E-state index in [4.69, 9.17) is 10.5 Å². The lowest BCUT2D eigenvalue weighted by Gasteiger charge is -2.28. The Labute approximate surface area is 124 Å². The molecule has 0 heterocycles. The fourth-order valence-electron chi connectivity index (χ4n) is 2.23. The van der Waals surface area contributed by atoms with E-state index in [9.17, 15) is 0 Å². The second kappa shape index (κ2) is 8.28. The molecule has 0 saturated carbocycles. The van der Waals surface area contributed by atoms with Gasteiger partial charge in [-0.25, -0.2) is 0 Å². The van der Waals surface area contributed by atoms with Crippen molar-refractivity contribution in [3.05, 3.63) is 29.8 Å². The van der Waals surface area contributed by atoms with Crippen molar-refractivity contribution >= 4 is 0 Å². The molecule has 3 nitrogen and oxygen atoms in total. The average Bonchev–Trinajstić information content (AvgIpc) is 2.38. The van der Waals surface area contributed by atoms with Gasteiger partial charge in [0.1, 0.15) is 5.75 Å². The number of likely N-dealkylation sites (N-methyl/N-ethyl adjacent to an activating group) is 1. The van der Waals surface area contributed by atoms with Crippen LogP contribution >= 0.6 is 0 Å². The molecule has 20 heavy (non-hydrogen) atoms. The summed E-state index contributed by atoms with van der Waals surface area (Å²) in [6.07, 6.45) is 1.40. The second-order valence-corrected chi connectivity index (χ2v) is 6.15. The maximum Gasteiger partial charge on any atom is 0.119 e.